The maximum Gasteiger partial charge on any atom is 0.237 e. The molecule has 0 unspecified atom stereocenters. The van der Waals surface area contributed by atoms with Crippen LogP contribution in [0.3, 0.4) is 0 Å². The van der Waals surface area contributed by atoms with E-state index in [2.05, 4.69) is 28.1 Å². The van der Waals surface area contributed by atoms with Crippen molar-refractivity contribution in [2.45, 2.75) is 25.2 Å². The van der Waals surface area contributed by atoms with Crippen molar-refractivity contribution in [3.05, 3.63) is 64.6 Å². The van der Waals surface area contributed by atoms with Gasteiger partial charge in [0, 0.05) is 4.47 Å². The SMILES string of the molecule is O=C1[C@H]2C[C@H](c3ccccc3)CC[C@H]2C(=O)N1c1ccc(Br)cc1. The molecule has 0 N–H and O–H groups in total. The Morgan fingerprint density at radius 2 is 1.50 bits per heavy atom. The number of benzene rings is 2. The molecule has 1 heterocycles. The lowest BCUT2D eigenvalue weighted by Gasteiger charge is -2.28. The van der Waals surface area contributed by atoms with E-state index in [1.807, 2.05) is 42.5 Å². The summed E-state index contributed by atoms with van der Waals surface area (Å²) in [7, 11) is 0. The largest absolute Gasteiger partial charge is 0.274 e. The van der Waals surface area contributed by atoms with E-state index in [1.54, 1.807) is 0 Å². The molecule has 0 aromatic heterocycles. The Kier molecular flexibility index (Phi) is 4.01. The third kappa shape index (κ3) is 2.59. The third-order valence-electron chi connectivity index (χ3n) is 5.28. The predicted molar refractivity (Wildman–Crippen MR) is 96.6 cm³/mol. The summed E-state index contributed by atoms with van der Waals surface area (Å²) in [6, 6.07) is 17.7. The zero-order valence-electron chi connectivity index (χ0n) is 13.2. The number of imide groups is 1. The number of carbonyl (C=O) groups excluding carboxylic acids is 2. The van der Waals surface area contributed by atoms with Gasteiger partial charge in [-0.25, -0.2) is 0 Å². The number of anilines is 1. The molecule has 0 spiro atoms. The minimum atomic E-state index is -0.180. The van der Waals surface area contributed by atoms with Gasteiger partial charge >= 0.3 is 0 Å². The van der Waals surface area contributed by atoms with Crippen LogP contribution in [0.25, 0.3) is 0 Å². The van der Waals surface area contributed by atoms with E-state index >= 15 is 0 Å². The molecule has 24 heavy (non-hydrogen) atoms. The van der Waals surface area contributed by atoms with Crippen molar-refractivity contribution in [3.8, 4) is 0 Å². The smallest absolute Gasteiger partial charge is 0.237 e. The summed E-state index contributed by atoms with van der Waals surface area (Å²) in [5.74, 6) is -0.0259. The number of rotatable bonds is 2. The Hall–Kier alpha value is -1.94. The first-order valence-corrected chi connectivity index (χ1v) is 9.13. The van der Waals surface area contributed by atoms with Gasteiger partial charge in [0.1, 0.15) is 0 Å². The second-order valence-corrected chi connectivity index (χ2v) is 7.54. The average Bonchev–Trinajstić information content (AvgIpc) is 2.87. The molecule has 1 aliphatic heterocycles. The summed E-state index contributed by atoms with van der Waals surface area (Å²) >= 11 is 3.39. The zero-order chi connectivity index (χ0) is 16.7. The molecule has 4 heteroatoms. The van der Waals surface area contributed by atoms with E-state index in [-0.39, 0.29) is 23.7 Å². The fraction of sp³-hybridized carbons (Fsp3) is 0.300. The van der Waals surface area contributed by atoms with Crippen LogP contribution in [0.1, 0.15) is 30.7 Å². The van der Waals surface area contributed by atoms with Crippen molar-refractivity contribution in [1.82, 2.24) is 0 Å². The lowest BCUT2D eigenvalue weighted by molar-refractivity contribution is -0.122. The topological polar surface area (TPSA) is 37.4 Å². The molecule has 2 aromatic carbocycles. The highest BCUT2D eigenvalue weighted by Crippen LogP contribution is 2.45. The van der Waals surface area contributed by atoms with Crippen LogP contribution in [0.5, 0.6) is 0 Å². The van der Waals surface area contributed by atoms with Crippen LogP contribution < -0.4 is 4.90 Å². The van der Waals surface area contributed by atoms with Crippen LogP contribution in [0.4, 0.5) is 5.69 Å². The second-order valence-electron chi connectivity index (χ2n) is 6.62. The lowest BCUT2D eigenvalue weighted by Crippen LogP contribution is -2.30. The molecule has 1 saturated carbocycles. The van der Waals surface area contributed by atoms with Gasteiger partial charge < -0.3 is 0 Å². The van der Waals surface area contributed by atoms with E-state index in [0.717, 1.165) is 23.7 Å². The van der Waals surface area contributed by atoms with Crippen LogP contribution in [-0.2, 0) is 9.59 Å². The van der Waals surface area contributed by atoms with Crippen LogP contribution in [-0.4, -0.2) is 11.8 Å². The number of carbonyl (C=O) groups is 2. The highest BCUT2D eigenvalue weighted by molar-refractivity contribution is 9.10. The highest BCUT2D eigenvalue weighted by atomic mass is 79.9. The molecule has 4 rings (SSSR count). The van der Waals surface area contributed by atoms with Crippen molar-refractivity contribution >= 4 is 33.4 Å². The van der Waals surface area contributed by atoms with Gasteiger partial charge in [-0.3, -0.25) is 14.5 Å². The number of hydrogen-bond acceptors (Lipinski definition) is 2. The van der Waals surface area contributed by atoms with Crippen molar-refractivity contribution in [2.24, 2.45) is 11.8 Å². The zero-order valence-corrected chi connectivity index (χ0v) is 14.8. The summed E-state index contributed by atoms with van der Waals surface area (Å²) in [6.07, 6.45) is 2.53. The molecule has 0 radical (unpaired) electrons. The minimum Gasteiger partial charge on any atom is -0.274 e. The summed E-state index contributed by atoms with van der Waals surface area (Å²) in [4.78, 5) is 27.1. The minimum absolute atomic E-state index is 0.0289. The molecule has 3 nitrogen and oxygen atoms in total. The van der Waals surface area contributed by atoms with Gasteiger partial charge in [-0.2, -0.15) is 0 Å². The number of amides is 2. The quantitative estimate of drug-likeness (QED) is 0.714. The van der Waals surface area contributed by atoms with Gasteiger partial charge in [0.25, 0.3) is 0 Å². The van der Waals surface area contributed by atoms with Crippen molar-refractivity contribution in [2.75, 3.05) is 4.90 Å². The third-order valence-corrected chi connectivity index (χ3v) is 5.81. The lowest BCUT2D eigenvalue weighted by atomic mass is 9.73. The molecule has 2 aromatic rings. The Labute approximate surface area is 149 Å². The molecule has 122 valence electrons. The van der Waals surface area contributed by atoms with Gasteiger partial charge in [0.2, 0.25) is 11.8 Å². The maximum absolute atomic E-state index is 12.9. The summed E-state index contributed by atoms with van der Waals surface area (Å²) < 4.78 is 0.937. The summed E-state index contributed by atoms with van der Waals surface area (Å²) in [5, 5.41) is 0. The van der Waals surface area contributed by atoms with Crippen molar-refractivity contribution in [1.29, 1.82) is 0 Å². The molecule has 2 fully saturated rings. The Morgan fingerprint density at radius 1 is 0.833 bits per heavy atom. The summed E-state index contributed by atoms with van der Waals surface area (Å²) in [6.45, 7) is 0. The number of hydrogen-bond donors (Lipinski definition) is 0. The first-order valence-electron chi connectivity index (χ1n) is 8.33. The Bertz CT molecular complexity index is 772. The second kappa shape index (κ2) is 6.17. The van der Waals surface area contributed by atoms with Gasteiger partial charge in [0.15, 0.2) is 0 Å². The standard InChI is InChI=1S/C20H18BrNO2/c21-15-7-9-16(10-8-15)22-19(23)17-11-6-14(12-18(17)20(22)24)13-4-2-1-3-5-13/h1-5,7-10,14,17-18H,6,11-12H2/t14-,17-,18+/m1/s1. The van der Waals surface area contributed by atoms with Gasteiger partial charge in [-0.05, 0) is 55.0 Å². The molecular weight excluding hydrogens is 366 g/mol. The fourth-order valence-electron chi connectivity index (χ4n) is 4.05. The molecule has 1 saturated heterocycles. The van der Waals surface area contributed by atoms with Crippen LogP contribution in [0.2, 0.25) is 0 Å². The fourth-order valence-corrected chi connectivity index (χ4v) is 4.32. The van der Waals surface area contributed by atoms with E-state index in [4.69, 9.17) is 0 Å². The molecule has 2 amide bonds. The Morgan fingerprint density at radius 3 is 2.21 bits per heavy atom. The Balaban J connectivity index is 1.60. The molecule has 0 bridgehead atoms. The van der Waals surface area contributed by atoms with Crippen LogP contribution in [0, 0.1) is 11.8 Å². The van der Waals surface area contributed by atoms with E-state index in [0.29, 0.717) is 11.6 Å². The molecule has 2 aliphatic rings. The number of halogens is 1. The number of fused-ring (bicyclic) bond motifs is 1. The number of nitrogens with zero attached hydrogens (tertiary/aromatic N) is 1. The monoisotopic (exact) mass is 383 g/mol. The first kappa shape index (κ1) is 15.6. The molecule has 3 atom stereocenters. The average molecular weight is 384 g/mol. The predicted octanol–water partition coefficient (Wildman–Crippen LogP) is 4.52. The highest BCUT2D eigenvalue weighted by Gasteiger charge is 2.50. The maximum atomic E-state index is 12.9. The molecular formula is C20H18BrNO2. The van der Waals surface area contributed by atoms with Gasteiger partial charge in [-0.1, -0.05) is 46.3 Å². The first-order chi connectivity index (χ1) is 11.6. The van der Waals surface area contributed by atoms with Crippen molar-refractivity contribution in [3.63, 3.8) is 0 Å². The van der Waals surface area contributed by atoms with Gasteiger partial charge in [-0.15, -0.1) is 0 Å². The van der Waals surface area contributed by atoms with E-state index < -0.39 is 0 Å². The van der Waals surface area contributed by atoms with E-state index in [1.165, 1.54) is 10.5 Å². The normalized spacial score (nSPS) is 26.5. The van der Waals surface area contributed by atoms with Crippen molar-refractivity contribution < 1.29 is 9.59 Å². The molecule has 1 aliphatic carbocycles. The van der Waals surface area contributed by atoms with E-state index in [9.17, 15) is 9.59 Å². The van der Waals surface area contributed by atoms with Gasteiger partial charge in [0.05, 0.1) is 17.5 Å². The van der Waals surface area contributed by atoms with Crippen LogP contribution in [0.15, 0.2) is 59.1 Å². The van der Waals surface area contributed by atoms with Crippen LogP contribution >= 0.6 is 15.9 Å². The summed E-state index contributed by atoms with van der Waals surface area (Å²) in [5.41, 5.74) is 1.96.